The normalized spacial score (nSPS) is 9.80. The average Bonchev–Trinajstić information content (AvgIpc) is 1.82. The van der Waals surface area contributed by atoms with Crippen molar-refractivity contribution < 1.29 is 0 Å². The Bertz CT molecular complexity index is 238. The number of hydrogen-bond donors (Lipinski definition) is 2. The molecule has 0 spiro atoms. The summed E-state index contributed by atoms with van der Waals surface area (Å²) in [4.78, 5) is 3.67. The van der Waals surface area contributed by atoms with E-state index in [1.807, 2.05) is 0 Å². The Morgan fingerprint density at radius 2 is 1.90 bits per heavy atom. The molecule has 4 N–H and O–H groups in total. The Balaban J connectivity index is 3.31. The maximum atomic E-state index is 5.59. The van der Waals surface area contributed by atoms with E-state index in [9.17, 15) is 0 Å². The van der Waals surface area contributed by atoms with E-state index < -0.39 is 0 Å². The van der Waals surface area contributed by atoms with Crippen molar-refractivity contribution in [2.45, 2.75) is 0 Å². The van der Waals surface area contributed by atoms with Gasteiger partial charge in [0, 0.05) is 6.07 Å². The van der Waals surface area contributed by atoms with E-state index in [1.54, 1.807) is 0 Å². The van der Waals surface area contributed by atoms with Gasteiger partial charge in [-0.25, -0.2) is 4.98 Å². The van der Waals surface area contributed by atoms with E-state index in [0.717, 1.165) is 0 Å². The zero-order chi connectivity index (χ0) is 7.72. The van der Waals surface area contributed by atoms with Gasteiger partial charge >= 0.3 is 0 Å². The van der Waals surface area contributed by atoms with Gasteiger partial charge in [0.15, 0.2) is 5.15 Å². The second kappa shape index (κ2) is 2.52. The van der Waals surface area contributed by atoms with Gasteiger partial charge in [0.25, 0.3) is 0 Å². The number of pyridine rings is 1. The van der Waals surface area contributed by atoms with Crippen LogP contribution < -0.4 is 11.5 Å². The highest BCUT2D eigenvalue weighted by molar-refractivity contribution is 6.38. The van der Waals surface area contributed by atoms with Crippen LogP contribution in [-0.4, -0.2) is 4.98 Å². The van der Waals surface area contributed by atoms with Gasteiger partial charge in [0.05, 0.1) is 10.7 Å². The molecular weight excluding hydrogens is 173 g/mol. The molecule has 0 aliphatic rings. The highest BCUT2D eigenvalue weighted by atomic mass is 35.5. The molecule has 0 saturated carbocycles. The third-order valence-electron chi connectivity index (χ3n) is 0.981. The number of hydrogen-bond acceptors (Lipinski definition) is 3. The summed E-state index contributed by atoms with van der Waals surface area (Å²) in [5.41, 5.74) is 10.9. The first kappa shape index (κ1) is 7.44. The van der Waals surface area contributed by atoms with Crippen LogP contribution >= 0.6 is 23.2 Å². The van der Waals surface area contributed by atoms with Crippen molar-refractivity contribution in [1.29, 1.82) is 0 Å². The van der Waals surface area contributed by atoms with E-state index in [4.69, 9.17) is 34.7 Å². The Hall–Kier alpha value is -0.670. The number of nitrogens with two attached hydrogens (primary N) is 2. The molecule has 10 heavy (non-hydrogen) atoms. The molecule has 1 heterocycles. The molecule has 1 aromatic heterocycles. The molecule has 3 nitrogen and oxygen atoms in total. The molecule has 54 valence electrons. The fourth-order valence-corrected chi connectivity index (χ4v) is 0.961. The van der Waals surface area contributed by atoms with Crippen molar-refractivity contribution in [2.75, 3.05) is 11.5 Å². The van der Waals surface area contributed by atoms with Gasteiger partial charge < -0.3 is 11.5 Å². The molecule has 0 aliphatic heterocycles. The van der Waals surface area contributed by atoms with Gasteiger partial charge in [-0.05, 0) is 0 Å². The van der Waals surface area contributed by atoms with Crippen molar-refractivity contribution in [3.63, 3.8) is 0 Å². The molecule has 0 amide bonds. The summed E-state index contributed by atoms with van der Waals surface area (Å²) in [5.74, 6) is 0.268. The molecule has 1 aromatic rings. The minimum absolute atomic E-state index is 0.144. The molecule has 0 fully saturated rings. The van der Waals surface area contributed by atoms with Crippen LogP contribution in [0.4, 0.5) is 11.5 Å². The predicted molar refractivity (Wildman–Crippen MR) is 43.1 cm³/mol. The molecule has 0 aromatic carbocycles. The van der Waals surface area contributed by atoms with Gasteiger partial charge in [0.2, 0.25) is 0 Å². The van der Waals surface area contributed by atoms with E-state index in [0.29, 0.717) is 5.02 Å². The van der Waals surface area contributed by atoms with Crippen molar-refractivity contribution in [1.82, 2.24) is 4.98 Å². The number of halogens is 2. The van der Waals surface area contributed by atoms with Crippen molar-refractivity contribution >= 4 is 34.7 Å². The maximum Gasteiger partial charge on any atom is 0.155 e. The van der Waals surface area contributed by atoms with Gasteiger partial charge in [-0.15, -0.1) is 0 Å². The molecule has 0 radical (unpaired) electrons. The van der Waals surface area contributed by atoms with Crippen LogP contribution in [0, 0.1) is 0 Å². The Kier molecular flexibility index (Phi) is 1.87. The smallest absolute Gasteiger partial charge is 0.155 e. The Labute approximate surface area is 67.9 Å². The fraction of sp³-hybridized carbons (Fsp3) is 0. The summed E-state index contributed by atoms with van der Waals surface area (Å²) in [6, 6.07) is 1.45. The van der Waals surface area contributed by atoms with E-state index in [1.165, 1.54) is 6.07 Å². The van der Waals surface area contributed by atoms with Crippen LogP contribution in [0.15, 0.2) is 6.07 Å². The lowest BCUT2D eigenvalue weighted by molar-refractivity contribution is 1.34. The number of nitrogens with zero attached hydrogens (tertiary/aromatic N) is 1. The van der Waals surface area contributed by atoms with Crippen molar-refractivity contribution in [3.8, 4) is 0 Å². The first-order valence-electron chi connectivity index (χ1n) is 2.48. The first-order chi connectivity index (χ1) is 4.61. The monoisotopic (exact) mass is 177 g/mol. The van der Waals surface area contributed by atoms with E-state index in [2.05, 4.69) is 4.98 Å². The number of nitrogen functional groups attached to an aromatic ring is 2. The fourth-order valence-electron chi connectivity index (χ4n) is 0.512. The minimum Gasteiger partial charge on any atom is -0.395 e. The maximum absolute atomic E-state index is 5.59. The lowest BCUT2D eigenvalue weighted by Gasteiger charge is -1.99. The standard InChI is InChI=1S/C5H5Cl2N3/c6-2-1-3(8)10-5(7)4(2)9/h1H,9H2,(H2,8,10). The number of rotatable bonds is 0. The van der Waals surface area contributed by atoms with Crippen LogP contribution in [0.25, 0.3) is 0 Å². The highest BCUT2D eigenvalue weighted by Crippen LogP contribution is 2.26. The highest BCUT2D eigenvalue weighted by Gasteiger charge is 2.02. The molecule has 0 aliphatic carbocycles. The summed E-state index contributed by atoms with van der Waals surface area (Å²) in [5, 5.41) is 0.475. The summed E-state index contributed by atoms with van der Waals surface area (Å²) in [6.45, 7) is 0. The zero-order valence-electron chi connectivity index (χ0n) is 4.94. The second-order valence-electron chi connectivity index (χ2n) is 1.73. The third kappa shape index (κ3) is 1.25. The molecule has 0 saturated heterocycles. The SMILES string of the molecule is Nc1cc(Cl)c(N)c(Cl)n1. The van der Waals surface area contributed by atoms with E-state index >= 15 is 0 Å². The van der Waals surface area contributed by atoms with Crippen LogP contribution in [0.2, 0.25) is 10.2 Å². The largest absolute Gasteiger partial charge is 0.395 e. The quantitative estimate of drug-likeness (QED) is 0.592. The lowest BCUT2D eigenvalue weighted by atomic mass is 10.4. The number of anilines is 2. The van der Waals surface area contributed by atoms with Crippen LogP contribution in [-0.2, 0) is 0 Å². The number of aromatic nitrogens is 1. The first-order valence-corrected chi connectivity index (χ1v) is 3.24. The summed E-state index contributed by atoms with van der Waals surface area (Å²) in [6.07, 6.45) is 0. The molecule has 0 atom stereocenters. The van der Waals surface area contributed by atoms with Crippen LogP contribution in [0.1, 0.15) is 0 Å². The second-order valence-corrected chi connectivity index (χ2v) is 2.50. The van der Waals surface area contributed by atoms with Gasteiger partial charge in [0.1, 0.15) is 5.82 Å². The van der Waals surface area contributed by atoms with Gasteiger partial charge in [-0.3, -0.25) is 0 Å². The molecule has 1 rings (SSSR count). The zero-order valence-corrected chi connectivity index (χ0v) is 6.45. The Morgan fingerprint density at radius 1 is 1.30 bits per heavy atom. The lowest BCUT2D eigenvalue weighted by Crippen LogP contribution is -1.95. The molecular formula is C5H5Cl2N3. The van der Waals surface area contributed by atoms with Gasteiger partial charge in [-0.1, -0.05) is 23.2 Å². The van der Waals surface area contributed by atoms with Crippen molar-refractivity contribution in [2.24, 2.45) is 0 Å². The van der Waals surface area contributed by atoms with Crippen LogP contribution in [0.5, 0.6) is 0 Å². The summed E-state index contributed by atoms with van der Waals surface area (Å²) < 4.78 is 0. The summed E-state index contributed by atoms with van der Waals surface area (Å²) >= 11 is 11.1. The third-order valence-corrected chi connectivity index (χ3v) is 1.58. The van der Waals surface area contributed by atoms with Crippen molar-refractivity contribution in [3.05, 3.63) is 16.2 Å². The summed E-state index contributed by atoms with van der Waals surface area (Å²) in [7, 11) is 0. The minimum atomic E-state index is 0.144. The van der Waals surface area contributed by atoms with Crippen LogP contribution in [0.3, 0.4) is 0 Å². The average molecular weight is 178 g/mol. The molecule has 5 heteroatoms. The topological polar surface area (TPSA) is 64.9 Å². The van der Waals surface area contributed by atoms with Gasteiger partial charge in [-0.2, -0.15) is 0 Å². The predicted octanol–water partition coefficient (Wildman–Crippen LogP) is 1.55. The Morgan fingerprint density at radius 3 is 2.40 bits per heavy atom. The molecule has 0 unspecified atom stereocenters. The molecule has 0 bridgehead atoms. The van der Waals surface area contributed by atoms with E-state index in [-0.39, 0.29) is 16.7 Å².